The number of hydrogen-bond acceptors (Lipinski definition) is 3. The molecule has 1 aromatic heterocycles. The molecular formula is C13H17ClF3N3. The van der Waals surface area contributed by atoms with Crippen molar-refractivity contribution in [2.45, 2.75) is 26.1 Å². The number of alkyl halides is 3. The molecule has 1 saturated heterocycles. The monoisotopic (exact) mass is 307 g/mol. The fourth-order valence-corrected chi connectivity index (χ4v) is 2.52. The van der Waals surface area contributed by atoms with Gasteiger partial charge in [0.2, 0.25) is 0 Å². The van der Waals surface area contributed by atoms with Crippen molar-refractivity contribution in [1.29, 1.82) is 0 Å². The summed E-state index contributed by atoms with van der Waals surface area (Å²) in [5.41, 5.74) is -0.818. The molecule has 20 heavy (non-hydrogen) atoms. The van der Waals surface area contributed by atoms with E-state index in [0.717, 1.165) is 18.8 Å². The number of hydrogen-bond donors (Lipinski definition) is 1. The standard InChI is InChI=1S/C13H17ClF3N3/c1-8(2)11-7-20(4-3-18-11)12-10(14)5-9(6-19-12)13(15,16)17/h5-6,8,11,18H,3-4,7H2,1-2H3. The first-order chi connectivity index (χ1) is 9.29. The fourth-order valence-electron chi connectivity index (χ4n) is 2.24. The molecule has 2 rings (SSSR count). The summed E-state index contributed by atoms with van der Waals surface area (Å²) in [4.78, 5) is 5.84. The second kappa shape index (κ2) is 5.77. The summed E-state index contributed by atoms with van der Waals surface area (Å²) in [5.74, 6) is 0.859. The Bertz CT molecular complexity index is 476. The predicted octanol–water partition coefficient (Wildman–Crippen LogP) is 3.19. The van der Waals surface area contributed by atoms with Crippen molar-refractivity contribution in [3.8, 4) is 0 Å². The summed E-state index contributed by atoms with van der Waals surface area (Å²) in [6, 6.07) is 1.22. The number of anilines is 1. The van der Waals surface area contributed by atoms with E-state index in [1.165, 1.54) is 0 Å². The average Bonchev–Trinajstić information content (AvgIpc) is 2.37. The predicted molar refractivity (Wildman–Crippen MR) is 73.1 cm³/mol. The zero-order valence-corrected chi connectivity index (χ0v) is 12.1. The van der Waals surface area contributed by atoms with Gasteiger partial charge in [-0.15, -0.1) is 0 Å². The van der Waals surface area contributed by atoms with Gasteiger partial charge in [0.1, 0.15) is 5.82 Å². The highest BCUT2D eigenvalue weighted by Gasteiger charge is 2.32. The van der Waals surface area contributed by atoms with E-state index in [4.69, 9.17) is 11.6 Å². The Balaban J connectivity index is 2.21. The van der Waals surface area contributed by atoms with Gasteiger partial charge in [-0.3, -0.25) is 0 Å². The van der Waals surface area contributed by atoms with Gasteiger partial charge in [0.25, 0.3) is 0 Å². The summed E-state index contributed by atoms with van der Waals surface area (Å²) in [7, 11) is 0. The molecule has 2 heterocycles. The smallest absolute Gasteiger partial charge is 0.353 e. The zero-order chi connectivity index (χ0) is 14.9. The molecular weight excluding hydrogens is 291 g/mol. The molecule has 7 heteroatoms. The van der Waals surface area contributed by atoms with E-state index in [9.17, 15) is 13.2 Å². The third kappa shape index (κ3) is 3.35. The number of piperazine rings is 1. The topological polar surface area (TPSA) is 28.2 Å². The lowest BCUT2D eigenvalue weighted by molar-refractivity contribution is -0.137. The van der Waals surface area contributed by atoms with E-state index in [2.05, 4.69) is 24.1 Å². The van der Waals surface area contributed by atoms with Gasteiger partial charge in [0.15, 0.2) is 0 Å². The molecule has 3 nitrogen and oxygen atoms in total. The van der Waals surface area contributed by atoms with Crippen LogP contribution in [0.15, 0.2) is 12.3 Å². The van der Waals surface area contributed by atoms with Crippen LogP contribution in [0.2, 0.25) is 5.02 Å². The second-order valence-corrected chi connectivity index (χ2v) is 5.69. The Hall–Kier alpha value is -1.01. The third-order valence-corrected chi connectivity index (χ3v) is 3.74. The number of halogens is 4. The largest absolute Gasteiger partial charge is 0.417 e. The maximum absolute atomic E-state index is 12.6. The normalized spacial score (nSPS) is 20.6. The Morgan fingerprint density at radius 1 is 1.45 bits per heavy atom. The van der Waals surface area contributed by atoms with Gasteiger partial charge in [0.05, 0.1) is 10.6 Å². The van der Waals surface area contributed by atoms with Crippen LogP contribution in [0.4, 0.5) is 19.0 Å². The number of rotatable bonds is 2. The first-order valence-corrected chi connectivity index (χ1v) is 6.88. The van der Waals surface area contributed by atoms with Gasteiger partial charge in [-0.25, -0.2) is 4.98 Å². The molecule has 0 aromatic carbocycles. The lowest BCUT2D eigenvalue weighted by Gasteiger charge is -2.36. The van der Waals surface area contributed by atoms with Crippen LogP contribution in [0.1, 0.15) is 19.4 Å². The van der Waals surface area contributed by atoms with E-state index >= 15 is 0 Å². The summed E-state index contributed by atoms with van der Waals surface area (Å²) in [6.45, 7) is 6.34. The van der Waals surface area contributed by atoms with Crippen molar-refractivity contribution >= 4 is 17.4 Å². The summed E-state index contributed by atoms with van der Waals surface area (Å²) in [6.07, 6.45) is -3.58. The molecule has 1 unspecified atom stereocenters. The van der Waals surface area contributed by atoms with Crippen LogP contribution >= 0.6 is 11.6 Å². The van der Waals surface area contributed by atoms with Gasteiger partial charge >= 0.3 is 6.18 Å². The minimum absolute atomic E-state index is 0.0456. The zero-order valence-electron chi connectivity index (χ0n) is 11.3. The molecule has 0 saturated carbocycles. The van der Waals surface area contributed by atoms with Crippen molar-refractivity contribution < 1.29 is 13.2 Å². The molecule has 0 amide bonds. The molecule has 1 N–H and O–H groups in total. The summed E-state index contributed by atoms with van der Waals surface area (Å²) < 4.78 is 37.8. The van der Waals surface area contributed by atoms with Crippen molar-refractivity contribution in [3.63, 3.8) is 0 Å². The van der Waals surface area contributed by atoms with Crippen LogP contribution in [0.5, 0.6) is 0 Å². The van der Waals surface area contributed by atoms with Crippen molar-refractivity contribution in [2.75, 3.05) is 24.5 Å². The second-order valence-electron chi connectivity index (χ2n) is 5.28. The molecule has 1 atom stereocenters. The molecule has 0 spiro atoms. The molecule has 1 aliphatic heterocycles. The van der Waals surface area contributed by atoms with Crippen LogP contribution in [0, 0.1) is 5.92 Å². The van der Waals surface area contributed by atoms with Crippen LogP contribution in [-0.4, -0.2) is 30.7 Å². The molecule has 1 aliphatic rings. The fraction of sp³-hybridized carbons (Fsp3) is 0.615. The van der Waals surface area contributed by atoms with Crippen molar-refractivity contribution in [2.24, 2.45) is 5.92 Å². The van der Waals surface area contributed by atoms with Gasteiger partial charge in [-0.2, -0.15) is 13.2 Å². The minimum Gasteiger partial charge on any atom is -0.353 e. The number of nitrogens with one attached hydrogen (secondary N) is 1. The highest BCUT2D eigenvalue weighted by Crippen LogP contribution is 2.33. The summed E-state index contributed by atoms with van der Waals surface area (Å²) >= 11 is 5.97. The minimum atomic E-state index is -4.42. The molecule has 112 valence electrons. The highest BCUT2D eigenvalue weighted by molar-refractivity contribution is 6.33. The van der Waals surface area contributed by atoms with E-state index < -0.39 is 11.7 Å². The number of pyridine rings is 1. The van der Waals surface area contributed by atoms with Gasteiger partial charge in [-0.05, 0) is 12.0 Å². The van der Waals surface area contributed by atoms with Crippen LogP contribution < -0.4 is 10.2 Å². The van der Waals surface area contributed by atoms with Gasteiger partial charge in [-0.1, -0.05) is 25.4 Å². The number of aromatic nitrogens is 1. The molecule has 1 fully saturated rings. The lowest BCUT2D eigenvalue weighted by Crippen LogP contribution is -2.53. The Morgan fingerprint density at radius 3 is 2.70 bits per heavy atom. The average molecular weight is 308 g/mol. The Labute approximate surface area is 121 Å². The van der Waals surface area contributed by atoms with Gasteiger partial charge < -0.3 is 10.2 Å². The first-order valence-electron chi connectivity index (χ1n) is 6.50. The molecule has 0 radical (unpaired) electrons. The first kappa shape index (κ1) is 15.4. The van der Waals surface area contributed by atoms with E-state index in [-0.39, 0.29) is 11.1 Å². The van der Waals surface area contributed by atoms with Crippen molar-refractivity contribution in [3.05, 3.63) is 22.8 Å². The Kier molecular flexibility index (Phi) is 4.44. The highest BCUT2D eigenvalue weighted by atomic mass is 35.5. The molecule has 0 bridgehead atoms. The van der Waals surface area contributed by atoms with Crippen molar-refractivity contribution in [1.82, 2.24) is 10.3 Å². The lowest BCUT2D eigenvalue weighted by atomic mass is 10.0. The summed E-state index contributed by atoms with van der Waals surface area (Å²) in [5, 5.41) is 3.43. The van der Waals surface area contributed by atoms with Crippen LogP contribution in [0.3, 0.4) is 0 Å². The van der Waals surface area contributed by atoms with Crippen LogP contribution in [0.25, 0.3) is 0 Å². The Morgan fingerprint density at radius 2 is 2.15 bits per heavy atom. The van der Waals surface area contributed by atoms with Gasteiger partial charge in [0, 0.05) is 31.9 Å². The van der Waals surface area contributed by atoms with E-state index in [0.29, 0.717) is 24.8 Å². The SMILES string of the molecule is CC(C)C1CN(c2ncc(C(F)(F)F)cc2Cl)CCN1. The molecule has 0 aliphatic carbocycles. The number of nitrogens with zero attached hydrogens (tertiary/aromatic N) is 2. The maximum Gasteiger partial charge on any atom is 0.417 e. The maximum atomic E-state index is 12.6. The van der Waals surface area contributed by atoms with Crippen LogP contribution in [-0.2, 0) is 6.18 Å². The molecule has 1 aromatic rings. The van der Waals surface area contributed by atoms with E-state index in [1.807, 2.05) is 4.90 Å². The quantitative estimate of drug-likeness (QED) is 0.909. The van der Waals surface area contributed by atoms with E-state index in [1.54, 1.807) is 0 Å². The third-order valence-electron chi connectivity index (χ3n) is 3.46.